The number of nitrogens with zero attached hydrogens (tertiary/aromatic N) is 3. The Kier molecular flexibility index (Phi) is 6.98. The van der Waals surface area contributed by atoms with Crippen molar-refractivity contribution in [2.75, 3.05) is 31.1 Å². The molecule has 2 N–H and O–H groups in total. The van der Waals surface area contributed by atoms with Crippen LogP contribution in [-0.2, 0) is 9.53 Å². The number of ether oxygens (including phenoxy) is 2. The van der Waals surface area contributed by atoms with Gasteiger partial charge in [0.25, 0.3) is 11.8 Å². The highest BCUT2D eigenvalue weighted by Gasteiger charge is 2.58. The van der Waals surface area contributed by atoms with E-state index in [1.54, 1.807) is 15.9 Å². The van der Waals surface area contributed by atoms with Gasteiger partial charge in [-0.05, 0) is 72.1 Å². The van der Waals surface area contributed by atoms with Crippen molar-refractivity contribution in [1.29, 1.82) is 0 Å². The zero-order chi connectivity index (χ0) is 26.4. The maximum Gasteiger partial charge on any atom is 0.410 e. The van der Waals surface area contributed by atoms with Crippen LogP contribution in [0.15, 0.2) is 12.1 Å². The monoisotopic (exact) mass is 500 g/mol. The number of likely N-dealkylation sites (tertiary alicyclic amines) is 1. The number of carbonyl (C=O) groups excluding carboxylic acids is 3. The molecule has 3 amide bonds. The van der Waals surface area contributed by atoms with Crippen LogP contribution in [0.3, 0.4) is 0 Å². The summed E-state index contributed by atoms with van der Waals surface area (Å²) in [5.41, 5.74) is 6.40. The Morgan fingerprint density at radius 1 is 1.28 bits per heavy atom. The van der Waals surface area contributed by atoms with E-state index in [9.17, 15) is 14.4 Å². The zero-order valence-corrected chi connectivity index (χ0v) is 22.4. The molecular formula is C27H40N4O5. The number of aryl methyl sites for hydroxylation is 1. The summed E-state index contributed by atoms with van der Waals surface area (Å²) in [5, 5.41) is 0. The van der Waals surface area contributed by atoms with E-state index in [4.69, 9.17) is 15.2 Å². The lowest BCUT2D eigenvalue weighted by Gasteiger charge is -2.42. The van der Waals surface area contributed by atoms with Crippen LogP contribution in [0.25, 0.3) is 0 Å². The van der Waals surface area contributed by atoms with Crippen molar-refractivity contribution in [3.05, 3.63) is 23.3 Å². The van der Waals surface area contributed by atoms with Gasteiger partial charge in [-0.25, -0.2) is 4.79 Å². The van der Waals surface area contributed by atoms with Crippen molar-refractivity contribution >= 4 is 23.6 Å². The van der Waals surface area contributed by atoms with Gasteiger partial charge in [-0.1, -0.05) is 0 Å². The van der Waals surface area contributed by atoms with Gasteiger partial charge in [0.05, 0.1) is 11.7 Å². The van der Waals surface area contributed by atoms with Crippen LogP contribution in [-0.4, -0.2) is 77.2 Å². The predicted octanol–water partition coefficient (Wildman–Crippen LogP) is 3.46. The lowest BCUT2D eigenvalue weighted by atomic mass is 9.98. The summed E-state index contributed by atoms with van der Waals surface area (Å²) < 4.78 is 11.7. The van der Waals surface area contributed by atoms with Crippen LogP contribution >= 0.6 is 0 Å². The third-order valence-corrected chi connectivity index (χ3v) is 7.06. The first-order chi connectivity index (χ1) is 16.9. The summed E-state index contributed by atoms with van der Waals surface area (Å²) in [6.45, 7) is 13.1. The number of hydrogen-bond donors (Lipinski definition) is 1. The summed E-state index contributed by atoms with van der Waals surface area (Å²) in [7, 11) is 0. The maximum atomic E-state index is 14.0. The smallest absolute Gasteiger partial charge is 0.410 e. The topological polar surface area (TPSA) is 105 Å². The Hall–Kier alpha value is -2.81. The van der Waals surface area contributed by atoms with Gasteiger partial charge in [-0.2, -0.15) is 0 Å². The molecule has 0 unspecified atom stereocenters. The molecule has 9 nitrogen and oxygen atoms in total. The standard InChI is InChI=1S/C27H40N4O5/c1-17(2)31(19-8-7-12-29(16-19)25(34)36-26(4,5)6)23(32)20-15-21-22(14-18(20)3)35-27(9-10-27)24(33)30(21)13-11-28/h14-15,17,19H,7-13,16,28H2,1-6H3/t19-/m1/s1. The number of hydrogen-bond acceptors (Lipinski definition) is 6. The summed E-state index contributed by atoms with van der Waals surface area (Å²) in [6, 6.07) is 3.43. The maximum absolute atomic E-state index is 14.0. The van der Waals surface area contributed by atoms with Crippen molar-refractivity contribution in [2.24, 2.45) is 5.73 Å². The van der Waals surface area contributed by atoms with Gasteiger partial charge in [0.15, 0.2) is 5.60 Å². The van der Waals surface area contributed by atoms with Crippen LogP contribution in [0, 0.1) is 6.92 Å². The van der Waals surface area contributed by atoms with Gasteiger partial charge < -0.3 is 29.9 Å². The summed E-state index contributed by atoms with van der Waals surface area (Å²) in [5.74, 6) is 0.427. The molecule has 1 aromatic rings. The number of piperidine rings is 1. The minimum absolute atomic E-state index is 0.0794. The molecule has 3 aliphatic rings. The van der Waals surface area contributed by atoms with Gasteiger partial charge in [0, 0.05) is 50.6 Å². The number of carbonyl (C=O) groups is 3. The first-order valence-electron chi connectivity index (χ1n) is 13.0. The number of benzene rings is 1. The highest BCUT2D eigenvalue weighted by molar-refractivity contribution is 6.06. The molecular weight excluding hydrogens is 460 g/mol. The molecule has 1 atom stereocenters. The molecule has 198 valence electrons. The molecule has 1 saturated heterocycles. The third-order valence-electron chi connectivity index (χ3n) is 7.06. The molecule has 0 bridgehead atoms. The van der Waals surface area contributed by atoms with Crippen molar-refractivity contribution < 1.29 is 23.9 Å². The van der Waals surface area contributed by atoms with E-state index in [2.05, 4.69) is 0 Å². The summed E-state index contributed by atoms with van der Waals surface area (Å²) in [4.78, 5) is 45.1. The first kappa shape index (κ1) is 26.3. The lowest BCUT2D eigenvalue weighted by Crippen LogP contribution is -2.54. The second kappa shape index (κ2) is 9.57. The Morgan fingerprint density at radius 2 is 1.97 bits per heavy atom. The molecule has 0 radical (unpaired) electrons. The first-order valence-corrected chi connectivity index (χ1v) is 13.0. The van der Waals surface area contributed by atoms with Gasteiger partial charge >= 0.3 is 6.09 Å². The average Bonchev–Trinajstić information content (AvgIpc) is 3.56. The van der Waals surface area contributed by atoms with Crippen LogP contribution in [0.1, 0.15) is 76.2 Å². The van der Waals surface area contributed by atoms with E-state index in [0.717, 1.165) is 18.4 Å². The van der Waals surface area contributed by atoms with Gasteiger partial charge in [0.1, 0.15) is 11.4 Å². The molecule has 9 heteroatoms. The van der Waals surface area contributed by atoms with Crippen LogP contribution in [0.2, 0.25) is 0 Å². The Morgan fingerprint density at radius 3 is 2.56 bits per heavy atom. The van der Waals surface area contributed by atoms with E-state index in [0.29, 0.717) is 56.0 Å². The van der Waals surface area contributed by atoms with E-state index < -0.39 is 11.2 Å². The fourth-order valence-electron chi connectivity index (χ4n) is 5.22. The summed E-state index contributed by atoms with van der Waals surface area (Å²) >= 11 is 0. The quantitative estimate of drug-likeness (QED) is 0.664. The molecule has 1 aromatic carbocycles. The average molecular weight is 501 g/mol. The van der Waals surface area contributed by atoms with Gasteiger partial charge in [-0.3, -0.25) is 9.59 Å². The fraction of sp³-hybridized carbons (Fsp3) is 0.667. The Balaban J connectivity index is 1.62. The highest BCUT2D eigenvalue weighted by Crippen LogP contribution is 2.49. The predicted molar refractivity (Wildman–Crippen MR) is 137 cm³/mol. The molecule has 2 aliphatic heterocycles. The molecule has 2 heterocycles. The SMILES string of the molecule is Cc1cc2c(cc1C(=O)N(C(C)C)[C@@H]1CCCN(C(=O)OC(C)(C)C)C1)N(CCN)C(=O)C1(CC1)O2. The number of fused-ring (bicyclic) bond motifs is 1. The van der Waals surface area contributed by atoms with Crippen molar-refractivity contribution in [2.45, 2.75) is 90.5 Å². The number of amides is 3. The fourth-order valence-corrected chi connectivity index (χ4v) is 5.22. The molecule has 0 aromatic heterocycles. The van der Waals surface area contributed by atoms with Gasteiger partial charge in [-0.15, -0.1) is 0 Å². The van der Waals surface area contributed by atoms with Crippen molar-refractivity contribution in [3.8, 4) is 5.75 Å². The third kappa shape index (κ3) is 5.03. The second-order valence-corrected chi connectivity index (χ2v) is 11.5. The largest absolute Gasteiger partial charge is 0.475 e. The zero-order valence-electron chi connectivity index (χ0n) is 22.4. The van der Waals surface area contributed by atoms with E-state index in [1.807, 2.05) is 52.5 Å². The summed E-state index contributed by atoms with van der Waals surface area (Å²) in [6.07, 6.45) is 2.64. The number of nitrogens with two attached hydrogens (primary N) is 1. The lowest BCUT2D eigenvalue weighted by molar-refractivity contribution is -0.128. The number of anilines is 1. The second-order valence-electron chi connectivity index (χ2n) is 11.5. The Labute approximate surface area is 213 Å². The molecule has 1 saturated carbocycles. The van der Waals surface area contributed by atoms with Gasteiger partial charge in [0.2, 0.25) is 0 Å². The molecule has 36 heavy (non-hydrogen) atoms. The Bertz CT molecular complexity index is 1040. The van der Waals surface area contributed by atoms with Crippen LogP contribution in [0.4, 0.5) is 10.5 Å². The minimum Gasteiger partial charge on any atom is -0.475 e. The van der Waals surface area contributed by atoms with Crippen molar-refractivity contribution in [1.82, 2.24) is 9.80 Å². The highest BCUT2D eigenvalue weighted by atomic mass is 16.6. The van der Waals surface area contributed by atoms with Crippen LogP contribution in [0.5, 0.6) is 5.75 Å². The van der Waals surface area contributed by atoms with Crippen LogP contribution < -0.4 is 15.4 Å². The van der Waals surface area contributed by atoms with E-state index >= 15 is 0 Å². The van der Waals surface area contributed by atoms with Crippen molar-refractivity contribution in [3.63, 3.8) is 0 Å². The van der Waals surface area contributed by atoms with E-state index in [-0.39, 0.29) is 30.0 Å². The minimum atomic E-state index is -0.767. The molecule has 1 aliphatic carbocycles. The molecule has 2 fully saturated rings. The normalized spacial score (nSPS) is 20.8. The molecule has 4 rings (SSSR count). The van der Waals surface area contributed by atoms with E-state index in [1.165, 1.54) is 0 Å². The molecule has 1 spiro atoms. The number of rotatable bonds is 5.